The van der Waals surface area contributed by atoms with Crippen LogP contribution in [0.5, 0.6) is 0 Å². The highest BCUT2D eigenvalue weighted by Gasteiger charge is 2.11. The van der Waals surface area contributed by atoms with Crippen molar-refractivity contribution in [3.63, 3.8) is 0 Å². The minimum atomic E-state index is -0.569. The fourth-order valence-corrected chi connectivity index (χ4v) is 2.00. The number of carbonyl (C=O) groups excluding carboxylic acids is 1. The van der Waals surface area contributed by atoms with Crippen LogP contribution >= 0.6 is 0 Å². The molecule has 0 saturated heterocycles. The second-order valence-corrected chi connectivity index (χ2v) is 4.84. The van der Waals surface area contributed by atoms with Gasteiger partial charge in [-0.25, -0.2) is 14.4 Å². The second-order valence-electron chi connectivity index (χ2n) is 4.84. The molecule has 3 heterocycles. The summed E-state index contributed by atoms with van der Waals surface area (Å²) in [7, 11) is 0. The third-order valence-electron chi connectivity index (χ3n) is 3.10. The number of hydrogen-bond donors (Lipinski definition) is 1. The lowest BCUT2D eigenvalue weighted by Crippen LogP contribution is -2.13. The van der Waals surface area contributed by atoms with E-state index in [4.69, 9.17) is 0 Å². The summed E-state index contributed by atoms with van der Waals surface area (Å²) in [6.45, 7) is 2.25. The zero-order valence-corrected chi connectivity index (χ0v) is 12.3. The average molecular weight is 312 g/mol. The van der Waals surface area contributed by atoms with Gasteiger partial charge in [0.25, 0.3) is 5.91 Å². The Labute approximate surface area is 131 Å². The molecule has 3 aromatic heterocycles. The molecule has 0 radical (unpaired) electrons. The number of hydrogen-bond acceptors (Lipinski definition) is 5. The van der Waals surface area contributed by atoms with E-state index < -0.39 is 11.7 Å². The first-order valence-corrected chi connectivity index (χ1v) is 6.84. The molecule has 3 aromatic rings. The molecule has 0 aliphatic heterocycles. The van der Waals surface area contributed by atoms with Gasteiger partial charge in [0, 0.05) is 30.4 Å². The summed E-state index contributed by atoms with van der Waals surface area (Å²) in [5, 5.41) is 6.90. The number of amides is 1. The fourth-order valence-electron chi connectivity index (χ4n) is 2.00. The molecule has 0 atom stereocenters. The van der Waals surface area contributed by atoms with Crippen molar-refractivity contribution in [3.8, 4) is 0 Å². The molecular formula is C15H13FN6O. The van der Waals surface area contributed by atoms with Gasteiger partial charge in [0.2, 0.25) is 0 Å². The van der Waals surface area contributed by atoms with E-state index >= 15 is 0 Å². The van der Waals surface area contributed by atoms with Crippen molar-refractivity contribution in [1.29, 1.82) is 0 Å². The number of anilines is 1. The molecule has 3 rings (SSSR count). The van der Waals surface area contributed by atoms with E-state index in [2.05, 4.69) is 25.4 Å². The Bertz CT molecular complexity index is 833. The predicted octanol–water partition coefficient (Wildman–Crippen LogP) is 1.82. The normalized spacial score (nSPS) is 10.5. The second kappa shape index (κ2) is 6.30. The van der Waals surface area contributed by atoms with Gasteiger partial charge < -0.3 is 5.32 Å². The smallest absolute Gasteiger partial charge is 0.258 e. The van der Waals surface area contributed by atoms with Crippen LogP contribution in [0.15, 0.2) is 43.0 Å². The van der Waals surface area contributed by atoms with Crippen molar-refractivity contribution < 1.29 is 9.18 Å². The SMILES string of the molecule is Cc1cc(NC(=O)c2cncc(F)c2)nn1Cc1ncccn1. The summed E-state index contributed by atoms with van der Waals surface area (Å²) in [4.78, 5) is 24.0. The van der Waals surface area contributed by atoms with Crippen LogP contribution in [0.2, 0.25) is 0 Å². The number of nitrogens with one attached hydrogen (secondary N) is 1. The van der Waals surface area contributed by atoms with E-state index in [1.54, 1.807) is 29.2 Å². The van der Waals surface area contributed by atoms with Crippen LogP contribution in [0.1, 0.15) is 21.9 Å². The molecule has 0 bridgehead atoms. The topological polar surface area (TPSA) is 85.6 Å². The molecule has 0 fully saturated rings. The molecule has 8 heteroatoms. The van der Waals surface area contributed by atoms with E-state index in [-0.39, 0.29) is 5.56 Å². The molecule has 23 heavy (non-hydrogen) atoms. The Hall–Kier alpha value is -3.16. The van der Waals surface area contributed by atoms with Crippen LogP contribution < -0.4 is 5.32 Å². The maximum atomic E-state index is 13.1. The van der Waals surface area contributed by atoms with Gasteiger partial charge in [-0.05, 0) is 19.1 Å². The molecule has 116 valence electrons. The molecule has 0 saturated carbocycles. The van der Waals surface area contributed by atoms with Gasteiger partial charge in [-0.2, -0.15) is 5.10 Å². The van der Waals surface area contributed by atoms with Crippen LogP contribution in [0.3, 0.4) is 0 Å². The molecule has 1 N–H and O–H groups in total. The molecule has 0 aliphatic carbocycles. The summed E-state index contributed by atoms with van der Waals surface area (Å²) in [5.41, 5.74) is 0.966. The molecule has 0 aromatic carbocycles. The van der Waals surface area contributed by atoms with E-state index in [1.807, 2.05) is 6.92 Å². The van der Waals surface area contributed by atoms with Gasteiger partial charge in [0.05, 0.1) is 11.8 Å². The average Bonchev–Trinajstić information content (AvgIpc) is 2.88. The van der Waals surface area contributed by atoms with E-state index in [9.17, 15) is 9.18 Å². The van der Waals surface area contributed by atoms with Crippen LogP contribution in [-0.2, 0) is 6.54 Å². The Morgan fingerprint density at radius 2 is 2.04 bits per heavy atom. The highest BCUT2D eigenvalue weighted by atomic mass is 19.1. The van der Waals surface area contributed by atoms with Crippen molar-refractivity contribution >= 4 is 11.7 Å². The summed E-state index contributed by atoms with van der Waals surface area (Å²) in [5.74, 6) is -0.0585. The maximum Gasteiger partial charge on any atom is 0.258 e. The zero-order chi connectivity index (χ0) is 16.2. The summed E-state index contributed by atoms with van der Waals surface area (Å²) >= 11 is 0. The van der Waals surface area contributed by atoms with Gasteiger partial charge in [-0.15, -0.1) is 0 Å². The van der Waals surface area contributed by atoms with Crippen molar-refractivity contribution in [2.75, 3.05) is 5.32 Å². The van der Waals surface area contributed by atoms with Crippen molar-refractivity contribution in [1.82, 2.24) is 24.7 Å². The molecule has 1 amide bonds. The summed E-state index contributed by atoms with van der Waals surface area (Å²) in [6, 6.07) is 4.57. The molecular weight excluding hydrogens is 299 g/mol. The lowest BCUT2D eigenvalue weighted by molar-refractivity contribution is 0.102. The largest absolute Gasteiger partial charge is 0.305 e. The highest BCUT2D eigenvalue weighted by Crippen LogP contribution is 2.11. The number of rotatable bonds is 4. The van der Waals surface area contributed by atoms with Gasteiger partial charge in [-0.3, -0.25) is 14.5 Å². The van der Waals surface area contributed by atoms with Crippen molar-refractivity contribution in [3.05, 3.63) is 65.9 Å². The number of aromatic nitrogens is 5. The molecule has 0 unspecified atom stereocenters. The Morgan fingerprint density at radius 3 is 2.78 bits per heavy atom. The number of carbonyl (C=O) groups is 1. The van der Waals surface area contributed by atoms with Crippen molar-refractivity contribution in [2.24, 2.45) is 0 Å². The summed E-state index contributed by atoms with van der Waals surface area (Å²) < 4.78 is 14.8. The quantitative estimate of drug-likeness (QED) is 0.794. The molecule has 7 nitrogen and oxygen atoms in total. The van der Waals surface area contributed by atoms with E-state index in [0.29, 0.717) is 18.2 Å². The number of pyridine rings is 1. The predicted molar refractivity (Wildman–Crippen MR) is 80.2 cm³/mol. The number of aryl methyl sites for hydroxylation is 1. The highest BCUT2D eigenvalue weighted by molar-refractivity contribution is 6.03. The Morgan fingerprint density at radius 1 is 1.26 bits per heavy atom. The van der Waals surface area contributed by atoms with Gasteiger partial charge in [0.1, 0.15) is 18.2 Å². The third kappa shape index (κ3) is 3.54. The van der Waals surface area contributed by atoms with Crippen LogP contribution in [0, 0.1) is 12.7 Å². The standard InChI is InChI=1S/C15H13FN6O/c1-10-5-13(20-15(23)11-6-12(16)8-17-7-11)21-22(10)9-14-18-3-2-4-19-14/h2-8H,9H2,1H3,(H,20,21,23). The van der Waals surface area contributed by atoms with Gasteiger partial charge >= 0.3 is 0 Å². The lowest BCUT2D eigenvalue weighted by Gasteiger charge is -2.03. The zero-order valence-electron chi connectivity index (χ0n) is 12.3. The van der Waals surface area contributed by atoms with Gasteiger partial charge in [0.15, 0.2) is 5.82 Å². The first kappa shape index (κ1) is 14.8. The first-order chi connectivity index (χ1) is 11.1. The minimum absolute atomic E-state index is 0.128. The van der Waals surface area contributed by atoms with E-state index in [0.717, 1.165) is 18.0 Å². The molecule has 0 aliphatic rings. The number of nitrogens with zero attached hydrogens (tertiary/aromatic N) is 5. The summed E-state index contributed by atoms with van der Waals surface area (Å²) in [6.07, 6.45) is 5.64. The first-order valence-electron chi connectivity index (χ1n) is 6.84. The lowest BCUT2D eigenvalue weighted by atomic mass is 10.2. The van der Waals surface area contributed by atoms with Crippen LogP contribution in [-0.4, -0.2) is 30.6 Å². The van der Waals surface area contributed by atoms with Crippen LogP contribution in [0.25, 0.3) is 0 Å². The monoisotopic (exact) mass is 312 g/mol. The van der Waals surface area contributed by atoms with E-state index in [1.165, 1.54) is 6.20 Å². The maximum absolute atomic E-state index is 13.1. The number of halogens is 1. The van der Waals surface area contributed by atoms with Gasteiger partial charge in [-0.1, -0.05) is 0 Å². The van der Waals surface area contributed by atoms with Crippen LogP contribution in [0.4, 0.5) is 10.2 Å². The Balaban J connectivity index is 1.74. The third-order valence-corrected chi connectivity index (χ3v) is 3.10. The van der Waals surface area contributed by atoms with Crippen molar-refractivity contribution in [2.45, 2.75) is 13.5 Å². The molecule has 0 spiro atoms. The Kier molecular flexibility index (Phi) is 4.05. The fraction of sp³-hybridized carbons (Fsp3) is 0.133. The minimum Gasteiger partial charge on any atom is -0.305 e.